The predicted octanol–water partition coefficient (Wildman–Crippen LogP) is 4.64. The van der Waals surface area contributed by atoms with Gasteiger partial charge in [0.25, 0.3) is 0 Å². The first-order valence-corrected chi connectivity index (χ1v) is 8.72. The lowest BCUT2D eigenvalue weighted by molar-refractivity contribution is 0.530. The Hall–Kier alpha value is -1.23. The summed E-state index contributed by atoms with van der Waals surface area (Å²) in [6, 6.07) is 11.0. The topological polar surface area (TPSA) is 24.9 Å². The van der Waals surface area contributed by atoms with E-state index in [1.165, 1.54) is 15.3 Å². The molecule has 0 bridgehead atoms. The number of rotatable bonds is 6. The standard InChI is InChI=1S/C16H18N2S2/c1-2-8-17-14(12-7-9-19-11-12)10-16-18-13-5-3-4-6-15(13)20-16/h3-7,9,11,14,17H,2,8,10H2,1H3. The molecular formula is C16H18N2S2. The lowest BCUT2D eigenvalue weighted by atomic mass is 10.1. The first kappa shape index (κ1) is 13.7. The lowest BCUT2D eigenvalue weighted by Gasteiger charge is -2.16. The second-order valence-corrected chi connectivity index (χ2v) is 6.74. The number of hydrogen-bond donors (Lipinski definition) is 1. The molecule has 2 heterocycles. The number of aromatic nitrogens is 1. The van der Waals surface area contributed by atoms with Crippen LogP contribution in [0.4, 0.5) is 0 Å². The van der Waals surface area contributed by atoms with Crippen molar-refractivity contribution in [2.24, 2.45) is 0 Å². The Morgan fingerprint density at radius 2 is 2.15 bits per heavy atom. The average molecular weight is 302 g/mol. The number of benzene rings is 1. The highest BCUT2D eigenvalue weighted by molar-refractivity contribution is 7.18. The molecule has 3 rings (SSSR count). The van der Waals surface area contributed by atoms with Crippen molar-refractivity contribution in [1.82, 2.24) is 10.3 Å². The summed E-state index contributed by atoms with van der Waals surface area (Å²) in [5.74, 6) is 0. The summed E-state index contributed by atoms with van der Waals surface area (Å²) in [5, 5.41) is 9.24. The van der Waals surface area contributed by atoms with E-state index in [1.54, 1.807) is 11.3 Å². The summed E-state index contributed by atoms with van der Waals surface area (Å²) in [6.07, 6.45) is 2.12. The third-order valence-electron chi connectivity index (χ3n) is 3.30. The number of thiophene rings is 1. The number of fused-ring (bicyclic) bond motifs is 1. The van der Waals surface area contributed by atoms with Crippen molar-refractivity contribution < 1.29 is 0 Å². The van der Waals surface area contributed by atoms with Crippen LogP contribution in [0.1, 0.15) is 30.0 Å². The van der Waals surface area contributed by atoms with E-state index in [4.69, 9.17) is 4.98 Å². The summed E-state index contributed by atoms with van der Waals surface area (Å²) in [5.41, 5.74) is 2.50. The van der Waals surface area contributed by atoms with Gasteiger partial charge in [0.2, 0.25) is 0 Å². The van der Waals surface area contributed by atoms with Crippen molar-refractivity contribution in [3.63, 3.8) is 0 Å². The van der Waals surface area contributed by atoms with Gasteiger partial charge in [-0.05, 0) is 47.5 Å². The summed E-state index contributed by atoms with van der Waals surface area (Å²) in [4.78, 5) is 4.75. The smallest absolute Gasteiger partial charge is 0.0957 e. The van der Waals surface area contributed by atoms with Gasteiger partial charge in [-0.1, -0.05) is 19.1 Å². The Bertz CT molecular complexity index is 625. The van der Waals surface area contributed by atoms with E-state index < -0.39 is 0 Å². The monoisotopic (exact) mass is 302 g/mol. The van der Waals surface area contributed by atoms with Crippen LogP contribution in [0.2, 0.25) is 0 Å². The maximum Gasteiger partial charge on any atom is 0.0957 e. The van der Waals surface area contributed by atoms with Crippen molar-refractivity contribution in [2.75, 3.05) is 6.54 Å². The van der Waals surface area contributed by atoms with Crippen LogP contribution < -0.4 is 5.32 Å². The molecular weight excluding hydrogens is 284 g/mol. The van der Waals surface area contributed by atoms with Crippen molar-refractivity contribution in [1.29, 1.82) is 0 Å². The minimum atomic E-state index is 0.377. The molecule has 1 N–H and O–H groups in total. The van der Waals surface area contributed by atoms with Gasteiger partial charge in [-0.3, -0.25) is 0 Å². The molecule has 0 aliphatic heterocycles. The summed E-state index contributed by atoms with van der Waals surface area (Å²) < 4.78 is 1.28. The minimum absolute atomic E-state index is 0.377. The largest absolute Gasteiger partial charge is 0.310 e. The number of para-hydroxylation sites is 1. The quantitative estimate of drug-likeness (QED) is 0.717. The van der Waals surface area contributed by atoms with E-state index in [-0.39, 0.29) is 0 Å². The van der Waals surface area contributed by atoms with Crippen LogP contribution in [0, 0.1) is 0 Å². The zero-order chi connectivity index (χ0) is 13.8. The third-order valence-corrected chi connectivity index (χ3v) is 5.06. The molecule has 4 heteroatoms. The van der Waals surface area contributed by atoms with Crippen LogP contribution in [-0.2, 0) is 6.42 Å². The van der Waals surface area contributed by atoms with E-state index >= 15 is 0 Å². The molecule has 2 nitrogen and oxygen atoms in total. The average Bonchev–Trinajstić information content (AvgIpc) is 3.11. The van der Waals surface area contributed by atoms with Crippen LogP contribution in [0.15, 0.2) is 41.1 Å². The highest BCUT2D eigenvalue weighted by atomic mass is 32.1. The van der Waals surface area contributed by atoms with Crippen molar-refractivity contribution >= 4 is 32.9 Å². The Labute approximate surface area is 127 Å². The number of nitrogens with zero attached hydrogens (tertiary/aromatic N) is 1. The fraction of sp³-hybridized carbons (Fsp3) is 0.312. The van der Waals surface area contributed by atoms with Crippen LogP contribution >= 0.6 is 22.7 Å². The van der Waals surface area contributed by atoms with E-state index in [0.29, 0.717) is 6.04 Å². The SMILES string of the molecule is CCCNC(Cc1nc2ccccc2s1)c1ccsc1. The summed E-state index contributed by atoms with van der Waals surface area (Å²) in [6.45, 7) is 3.25. The molecule has 0 saturated carbocycles. The van der Waals surface area contributed by atoms with Gasteiger partial charge >= 0.3 is 0 Å². The molecule has 0 radical (unpaired) electrons. The molecule has 0 spiro atoms. The van der Waals surface area contributed by atoms with Crippen LogP contribution in [0.25, 0.3) is 10.2 Å². The van der Waals surface area contributed by atoms with E-state index in [1.807, 2.05) is 11.3 Å². The fourth-order valence-corrected chi connectivity index (χ4v) is 4.01. The normalized spacial score (nSPS) is 12.8. The molecule has 3 aromatic rings. The van der Waals surface area contributed by atoms with Gasteiger partial charge in [0, 0.05) is 12.5 Å². The molecule has 0 aliphatic carbocycles. The molecule has 0 aliphatic rings. The summed E-state index contributed by atoms with van der Waals surface area (Å²) >= 11 is 3.57. The molecule has 1 unspecified atom stereocenters. The number of nitrogens with one attached hydrogen (secondary N) is 1. The van der Waals surface area contributed by atoms with Gasteiger partial charge in [-0.15, -0.1) is 11.3 Å². The van der Waals surface area contributed by atoms with Gasteiger partial charge in [0.05, 0.1) is 15.2 Å². The van der Waals surface area contributed by atoms with Crippen LogP contribution in [-0.4, -0.2) is 11.5 Å². The molecule has 1 aromatic carbocycles. The molecule has 1 atom stereocenters. The van der Waals surface area contributed by atoms with Gasteiger partial charge in [-0.25, -0.2) is 4.98 Å². The highest BCUT2D eigenvalue weighted by Gasteiger charge is 2.14. The fourth-order valence-electron chi connectivity index (χ4n) is 2.28. The van der Waals surface area contributed by atoms with Crippen LogP contribution in [0.5, 0.6) is 0 Å². The molecule has 104 valence electrons. The maximum absolute atomic E-state index is 4.75. The molecule has 0 amide bonds. The Morgan fingerprint density at radius 3 is 2.90 bits per heavy atom. The zero-order valence-corrected chi connectivity index (χ0v) is 13.1. The Balaban J connectivity index is 1.81. The van der Waals surface area contributed by atoms with Gasteiger partial charge in [0.15, 0.2) is 0 Å². The highest BCUT2D eigenvalue weighted by Crippen LogP contribution is 2.27. The van der Waals surface area contributed by atoms with E-state index in [2.05, 4.69) is 53.3 Å². The number of hydrogen-bond acceptors (Lipinski definition) is 4. The van der Waals surface area contributed by atoms with E-state index in [9.17, 15) is 0 Å². The third kappa shape index (κ3) is 3.08. The zero-order valence-electron chi connectivity index (χ0n) is 11.5. The van der Waals surface area contributed by atoms with Crippen LogP contribution in [0.3, 0.4) is 0 Å². The van der Waals surface area contributed by atoms with Gasteiger partial charge in [0.1, 0.15) is 0 Å². The Kier molecular flexibility index (Phi) is 4.45. The van der Waals surface area contributed by atoms with Crippen molar-refractivity contribution in [3.05, 3.63) is 51.7 Å². The van der Waals surface area contributed by atoms with Crippen molar-refractivity contribution in [3.8, 4) is 0 Å². The minimum Gasteiger partial charge on any atom is -0.310 e. The van der Waals surface area contributed by atoms with E-state index in [0.717, 1.165) is 24.9 Å². The lowest BCUT2D eigenvalue weighted by Crippen LogP contribution is -2.23. The predicted molar refractivity (Wildman–Crippen MR) is 88.7 cm³/mol. The first-order valence-electron chi connectivity index (χ1n) is 6.96. The second-order valence-electron chi connectivity index (χ2n) is 4.84. The van der Waals surface area contributed by atoms with Crippen molar-refractivity contribution in [2.45, 2.75) is 25.8 Å². The molecule has 0 fully saturated rings. The van der Waals surface area contributed by atoms with Gasteiger partial charge in [-0.2, -0.15) is 11.3 Å². The second kappa shape index (κ2) is 6.48. The molecule has 0 saturated heterocycles. The van der Waals surface area contributed by atoms with Gasteiger partial charge < -0.3 is 5.32 Å². The molecule has 20 heavy (non-hydrogen) atoms. The Morgan fingerprint density at radius 1 is 1.25 bits per heavy atom. The number of thiazole rings is 1. The molecule has 2 aromatic heterocycles. The summed E-state index contributed by atoms with van der Waals surface area (Å²) in [7, 11) is 0. The first-order chi connectivity index (χ1) is 9.86. The maximum atomic E-state index is 4.75.